The lowest BCUT2D eigenvalue weighted by molar-refractivity contribution is 0.164. The zero-order valence-electron chi connectivity index (χ0n) is 12.3. The molecule has 9 heteroatoms. The van der Waals surface area contributed by atoms with Gasteiger partial charge >= 0.3 is 18.5 Å². The zero-order chi connectivity index (χ0) is 15.0. The molecule has 1 rings (SSSR count). The molecule has 0 saturated carbocycles. The molecule has 0 aromatic carbocycles. The van der Waals surface area contributed by atoms with Gasteiger partial charge in [-0.05, 0) is 14.1 Å². The van der Waals surface area contributed by atoms with E-state index in [1.807, 2.05) is 25.8 Å². The third-order valence-electron chi connectivity index (χ3n) is 3.20. The summed E-state index contributed by atoms with van der Waals surface area (Å²) >= 11 is 3.65. The Kier molecular flexibility index (Phi) is 5.17. The Morgan fingerprint density at radius 1 is 1.00 bits per heavy atom. The van der Waals surface area contributed by atoms with E-state index in [0.717, 1.165) is 18.0 Å². The second-order valence-electron chi connectivity index (χ2n) is 4.85. The maximum absolute atomic E-state index is 12.1. The molecule has 4 amide bonds. The molecule has 0 bridgehead atoms. The summed E-state index contributed by atoms with van der Waals surface area (Å²) < 4.78 is 5.27. The fraction of sp³-hybridized carbons (Fsp3) is 0.800. The normalized spacial score (nSPS) is 19.9. The molecule has 1 fully saturated rings. The van der Waals surface area contributed by atoms with E-state index in [2.05, 4.69) is 20.4 Å². The van der Waals surface area contributed by atoms with Gasteiger partial charge in [0, 0.05) is 20.6 Å². The number of hydrogen-bond donors (Lipinski definition) is 0. The number of amides is 4. The van der Waals surface area contributed by atoms with Crippen LogP contribution in [0.3, 0.4) is 0 Å². The number of likely N-dealkylation sites (N-methyl/N-ethyl adjacent to an activating group) is 2. The number of urea groups is 2. The molecule has 0 atom stereocenters. The first-order valence-electron chi connectivity index (χ1n) is 5.89. The average molecular weight is 355 g/mol. The first-order valence-corrected chi connectivity index (χ1v) is 9.55. The Labute approximate surface area is 123 Å². The van der Waals surface area contributed by atoms with Crippen molar-refractivity contribution in [3.8, 4) is 0 Å². The van der Waals surface area contributed by atoms with E-state index < -0.39 is 6.42 Å². The van der Waals surface area contributed by atoms with E-state index >= 15 is 0 Å². The number of rotatable bonds is 4. The molecule has 0 unspecified atom stereocenters. The zero-order valence-corrected chi connectivity index (χ0v) is 14.8. The topological polar surface area (TPSA) is 50.3 Å². The smallest absolute Gasteiger partial charge is 0.308 e. The van der Waals surface area contributed by atoms with Crippen LogP contribution in [0.1, 0.15) is 0 Å². The highest BCUT2D eigenvalue weighted by molar-refractivity contribution is 9.41. The van der Waals surface area contributed by atoms with Gasteiger partial charge in [0.2, 0.25) is 15.5 Å². The number of carbonyl (C=O) groups is 2. The fourth-order valence-corrected chi connectivity index (χ4v) is 5.52. The van der Waals surface area contributed by atoms with Crippen molar-refractivity contribution in [2.45, 2.75) is 0 Å². The van der Waals surface area contributed by atoms with E-state index in [0.29, 0.717) is 0 Å². The molecule has 110 valence electrons. The van der Waals surface area contributed by atoms with Crippen LogP contribution in [-0.4, -0.2) is 91.2 Å². The van der Waals surface area contributed by atoms with Gasteiger partial charge in [0.1, 0.15) is 0 Å². The highest BCUT2D eigenvalue weighted by Crippen LogP contribution is 2.73. The summed E-state index contributed by atoms with van der Waals surface area (Å²) in [7, 11) is 10.8. The predicted molar refractivity (Wildman–Crippen MR) is 81.1 cm³/mol. The maximum Gasteiger partial charge on any atom is 0.363 e. The number of carbonyl (C=O) groups excluding carboxylic acids is 2. The van der Waals surface area contributed by atoms with Crippen molar-refractivity contribution in [3.63, 3.8) is 0 Å². The van der Waals surface area contributed by atoms with Crippen molar-refractivity contribution in [2.75, 3.05) is 55.4 Å². The summed E-state index contributed by atoms with van der Waals surface area (Å²) in [6.45, 7) is 1.61. The highest BCUT2D eigenvalue weighted by atomic mass is 79.9. The van der Waals surface area contributed by atoms with Crippen molar-refractivity contribution >= 4 is 34.0 Å². The Morgan fingerprint density at radius 3 is 1.79 bits per heavy atom. The summed E-state index contributed by atoms with van der Waals surface area (Å²) in [6, 6.07) is -0.574. The van der Waals surface area contributed by atoms with Crippen LogP contribution >= 0.6 is 21.9 Å². The molecule has 1 heterocycles. The number of hydrogen-bond acceptors (Lipinski definition) is 4. The minimum atomic E-state index is -2.30. The summed E-state index contributed by atoms with van der Waals surface area (Å²) in [5.74, 6) is 0. The third kappa shape index (κ3) is 2.86. The second-order valence-corrected chi connectivity index (χ2v) is 10.6. The molecule has 1 aliphatic heterocycles. The lowest BCUT2D eigenvalue weighted by Crippen LogP contribution is -2.57. The van der Waals surface area contributed by atoms with Gasteiger partial charge in [0.25, 0.3) is 0 Å². The first-order chi connectivity index (χ1) is 8.63. The van der Waals surface area contributed by atoms with Crippen LogP contribution in [-0.2, 0) is 0 Å². The van der Waals surface area contributed by atoms with Crippen molar-refractivity contribution in [3.05, 3.63) is 0 Å². The molecule has 1 saturated heterocycles. The first kappa shape index (κ1) is 16.6. The molecule has 1 aliphatic rings. The van der Waals surface area contributed by atoms with Gasteiger partial charge < -0.3 is 4.90 Å². The lowest BCUT2D eigenvalue weighted by atomic mass is 10.6. The van der Waals surface area contributed by atoms with Gasteiger partial charge in [-0.25, -0.2) is 14.5 Å². The van der Waals surface area contributed by atoms with Crippen molar-refractivity contribution < 1.29 is 9.59 Å². The summed E-state index contributed by atoms with van der Waals surface area (Å²) in [6.07, 6.45) is -2.30. The van der Waals surface area contributed by atoms with Crippen LogP contribution in [0.15, 0.2) is 0 Å². The van der Waals surface area contributed by atoms with Crippen molar-refractivity contribution in [1.82, 2.24) is 23.8 Å². The van der Waals surface area contributed by atoms with Crippen molar-refractivity contribution in [1.29, 1.82) is 0 Å². The molecular weight excluding hydrogens is 333 g/mol. The number of halogens is 1. The molecular formula is C10H22BrN5O2P+. The van der Waals surface area contributed by atoms with E-state index in [1.54, 1.807) is 23.4 Å². The lowest BCUT2D eigenvalue weighted by Gasteiger charge is -2.43. The molecule has 19 heavy (non-hydrogen) atoms. The predicted octanol–water partition coefficient (Wildman–Crippen LogP) is 1.60. The molecule has 0 spiro atoms. The fourth-order valence-electron chi connectivity index (χ4n) is 1.86. The van der Waals surface area contributed by atoms with E-state index in [4.69, 9.17) is 0 Å². The monoisotopic (exact) mass is 354 g/mol. The molecule has 0 aliphatic carbocycles. The van der Waals surface area contributed by atoms with Crippen LogP contribution in [0.2, 0.25) is 0 Å². The Bertz CT molecular complexity index is 359. The Balaban J connectivity index is 2.99. The summed E-state index contributed by atoms with van der Waals surface area (Å²) in [4.78, 5) is 27.4. The van der Waals surface area contributed by atoms with Gasteiger partial charge in [0.05, 0.1) is 20.6 Å². The molecule has 0 radical (unpaired) electrons. The Morgan fingerprint density at radius 2 is 1.42 bits per heavy atom. The molecule has 0 N–H and O–H groups in total. The number of nitrogens with zero attached hydrogens (tertiary/aromatic N) is 5. The standard InChI is InChI=1S/C10H22BrN5O2P/c1-12(2)7-8-13(3)19(11)15(5)9(17)14(4)10(18)16(19)6/h7-8H2,1-6H3/q+1. The molecule has 7 nitrogen and oxygen atoms in total. The van der Waals surface area contributed by atoms with E-state index in [9.17, 15) is 9.59 Å². The van der Waals surface area contributed by atoms with Gasteiger partial charge in [-0.15, -0.1) is 4.67 Å². The van der Waals surface area contributed by atoms with Crippen LogP contribution in [0.5, 0.6) is 0 Å². The van der Waals surface area contributed by atoms with E-state index in [-0.39, 0.29) is 12.1 Å². The van der Waals surface area contributed by atoms with Gasteiger partial charge in [0.15, 0.2) is 0 Å². The van der Waals surface area contributed by atoms with Gasteiger partial charge in [-0.3, -0.25) is 0 Å². The number of imide groups is 1. The van der Waals surface area contributed by atoms with Gasteiger partial charge in [-0.1, -0.05) is 0 Å². The molecule has 0 aromatic heterocycles. The highest BCUT2D eigenvalue weighted by Gasteiger charge is 2.61. The van der Waals surface area contributed by atoms with Crippen LogP contribution in [0.25, 0.3) is 0 Å². The summed E-state index contributed by atoms with van der Waals surface area (Å²) in [5, 5.41) is 0. The van der Waals surface area contributed by atoms with E-state index in [1.165, 1.54) is 7.05 Å². The van der Waals surface area contributed by atoms with Crippen LogP contribution < -0.4 is 0 Å². The third-order valence-corrected chi connectivity index (χ3v) is 10.6. The largest absolute Gasteiger partial charge is 0.363 e. The van der Waals surface area contributed by atoms with Crippen LogP contribution in [0, 0.1) is 0 Å². The maximum atomic E-state index is 12.1. The molecule has 0 aromatic rings. The second kappa shape index (κ2) is 5.91. The minimum absolute atomic E-state index is 0.287. The average Bonchev–Trinajstić information content (AvgIpc) is 2.37. The van der Waals surface area contributed by atoms with Crippen LogP contribution in [0.4, 0.5) is 9.59 Å². The van der Waals surface area contributed by atoms with Gasteiger partial charge in [-0.2, -0.15) is 9.34 Å². The quantitative estimate of drug-likeness (QED) is 0.719. The minimum Gasteiger partial charge on any atom is -0.308 e. The van der Waals surface area contributed by atoms with Crippen molar-refractivity contribution in [2.24, 2.45) is 0 Å². The Hall–Kier alpha value is -0.430. The SMILES string of the molecule is CN(C)CCN(C)[P+]1(Br)N(C)C(=O)N(C)C(=O)N1C. The summed E-state index contributed by atoms with van der Waals surface area (Å²) in [5.41, 5.74) is 0.